The number of hydrogen-bond donors (Lipinski definition) is 0. The smallest absolute Gasteiger partial charge is 0.0991 e. The Morgan fingerprint density at radius 2 is 0.842 bits per heavy atom. The molecule has 5 heteroatoms. The molecule has 0 aliphatic heterocycles. The molecule has 0 heterocycles. The van der Waals surface area contributed by atoms with Crippen LogP contribution in [0, 0.1) is 22.7 Å². The Hall–Kier alpha value is -1.34. The summed E-state index contributed by atoms with van der Waals surface area (Å²) < 4.78 is 0. The fraction of sp³-hybridized carbons (Fsp3) is 0. The maximum atomic E-state index is 8.29. The molecule has 2 rings (SSSR count). The predicted molar refractivity (Wildman–Crippen MR) is 76.8 cm³/mol. The van der Waals surface area contributed by atoms with Crippen LogP contribution in [0.2, 0.25) is 0 Å². The third kappa shape index (κ3) is 10.3. The van der Waals surface area contributed by atoms with E-state index in [2.05, 4.69) is 0 Å². The second-order valence-corrected chi connectivity index (χ2v) is 2.96. The van der Waals surface area contributed by atoms with Crippen LogP contribution in [0.1, 0.15) is 11.1 Å². The van der Waals surface area contributed by atoms with E-state index in [0.29, 0.717) is 11.1 Å². The molecule has 0 saturated heterocycles. The van der Waals surface area contributed by atoms with Crippen molar-refractivity contribution in [1.29, 1.82) is 10.5 Å². The molecule has 2 aromatic carbocycles. The molecule has 0 radical (unpaired) electrons. The summed E-state index contributed by atoms with van der Waals surface area (Å²) in [4.78, 5) is 0. The van der Waals surface area contributed by atoms with Gasteiger partial charge in [-0.2, -0.15) is 10.5 Å². The van der Waals surface area contributed by atoms with Gasteiger partial charge in [-0.3, -0.25) is 0 Å². The van der Waals surface area contributed by atoms with Crippen molar-refractivity contribution in [2.45, 2.75) is 0 Å². The number of benzene rings is 2. The van der Waals surface area contributed by atoms with E-state index in [1.165, 1.54) is 0 Å². The van der Waals surface area contributed by atoms with Gasteiger partial charge in [-0.15, -0.1) is 24.8 Å². The van der Waals surface area contributed by atoms with Crippen LogP contribution in [-0.2, 0) is 20.4 Å². The number of rotatable bonds is 0. The van der Waals surface area contributed by atoms with Crippen molar-refractivity contribution in [2.24, 2.45) is 0 Å². The van der Waals surface area contributed by atoms with Crippen LogP contribution in [0.25, 0.3) is 0 Å². The summed E-state index contributed by atoms with van der Waals surface area (Å²) in [6, 6.07) is 22.3. The molecule has 0 bridgehead atoms. The first-order valence-corrected chi connectivity index (χ1v) is 4.77. The summed E-state index contributed by atoms with van der Waals surface area (Å²) in [5.74, 6) is 0. The van der Waals surface area contributed by atoms with E-state index < -0.39 is 0 Å². The van der Waals surface area contributed by atoms with E-state index in [9.17, 15) is 0 Å². The zero-order valence-corrected chi connectivity index (χ0v) is 13.0. The molecule has 102 valence electrons. The molecular weight excluding hydrogens is 373 g/mol. The van der Waals surface area contributed by atoms with Crippen LogP contribution in [0.4, 0.5) is 0 Å². The molecule has 0 aliphatic carbocycles. The zero-order valence-electron chi connectivity index (χ0n) is 9.80. The van der Waals surface area contributed by atoms with Crippen LogP contribution >= 0.6 is 24.8 Å². The summed E-state index contributed by atoms with van der Waals surface area (Å²) >= 11 is 0. The minimum atomic E-state index is 0. The minimum Gasteiger partial charge on any atom is -0.192 e. The molecule has 0 aromatic heterocycles. The topological polar surface area (TPSA) is 47.6 Å². The Kier molecular flexibility index (Phi) is 17.7. The summed E-state index contributed by atoms with van der Waals surface area (Å²) in [5, 5.41) is 16.6. The van der Waals surface area contributed by atoms with E-state index in [1.54, 1.807) is 24.3 Å². The normalized spacial score (nSPS) is 6.63. The standard InChI is InChI=1S/2C7H5N.2ClH.Pd/c2*8-6-7-4-2-1-3-5-7;;;/h2*1-5H;2*1H;. The molecular formula is C14H12Cl2N2Pd. The maximum absolute atomic E-state index is 8.29. The van der Waals surface area contributed by atoms with Gasteiger partial charge in [-0.1, -0.05) is 36.4 Å². The molecule has 19 heavy (non-hydrogen) atoms. The van der Waals surface area contributed by atoms with Crippen molar-refractivity contribution in [2.75, 3.05) is 0 Å². The van der Waals surface area contributed by atoms with Crippen molar-refractivity contribution in [3.05, 3.63) is 71.8 Å². The first-order chi connectivity index (χ1) is 7.86. The van der Waals surface area contributed by atoms with Crippen LogP contribution in [-0.4, -0.2) is 0 Å². The largest absolute Gasteiger partial charge is 0.192 e. The van der Waals surface area contributed by atoms with E-state index in [-0.39, 0.29) is 45.2 Å². The maximum Gasteiger partial charge on any atom is 0.0991 e. The van der Waals surface area contributed by atoms with Crippen molar-refractivity contribution >= 4 is 24.8 Å². The third-order valence-corrected chi connectivity index (χ3v) is 1.81. The first kappa shape index (κ1) is 22.8. The van der Waals surface area contributed by atoms with Crippen LogP contribution in [0.15, 0.2) is 60.7 Å². The molecule has 0 unspecified atom stereocenters. The Balaban J connectivity index is -0.000000233. The van der Waals surface area contributed by atoms with Gasteiger partial charge in [0.25, 0.3) is 0 Å². The molecule has 2 aromatic rings. The molecule has 0 spiro atoms. The Bertz CT molecular complexity index is 455. The quantitative estimate of drug-likeness (QED) is 0.645. The van der Waals surface area contributed by atoms with Gasteiger partial charge < -0.3 is 0 Å². The number of nitriles is 2. The second kappa shape index (κ2) is 14.7. The van der Waals surface area contributed by atoms with E-state index in [1.807, 2.05) is 48.5 Å². The third-order valence-electron chi connectivity index (χ3n) is 1.81. The van der Waals surface area contributed by atoms with Crippen molar-refractivity contribution < 1.29 is 20.4 Å². The van der Waals surface area contributed by atoms with Gasteiger partial charge in [-0.25, -0.2) is 0 Å². The average molecular weight is 386 g/mol. The van der Waals surface area contributed by atoms with Crippen LogP contribution in [0.3, 0.4) is 0 Å². The van der Waals surface area contributed by atoms with Crippen LogP contribution < -0.4 is 0 Å². The Morgan fingerprint density at radius 3 is 1.00 bits per heavy atom. The first-order valence-electron chi connectivity index (χ1n) is 4.77. The van der Waals surface area contributed by atoms with E-state index in [4.69, 9.17) is 10.5 Å². The number of hydrogen-bond acceptors (Lipinski definition) is 2. The second-order valence-electron chi connectivity index (χ2n) is 2.96. The van der Waals surface area contributed by atoms with Crippen LogP contribution in [0.5, 0.6) is 0 Å². The molecule has 0 fully saturated rings. The van der Waals surface area contributed by atoms with Gasteiger partial charge in [-0.05, 0) is 24.3 Å². The average Bonchev–Trinajstić information content (AvgIpc) is 2.41. The zero-order chi connectivity index (χ0) is 11.6. The predicted octanol–water partition coefficient (Wildman–Crippen LogP) is 3.96. The number of halogens is 2. The van der Waals surface area contributed by atoms with E-state index in [0.717, 1.165) is 0 Å². The fourth-order valence-corrected chi connectivity index (χ4v) is 1.03. The summed E-state index contributed by atoms with van der Waals surface area (Å²) in [7, 11) is 0. The number of nitrogens with zero attached hydrogens (tertiary/aromatic N) is 2. The summed E-state index contributed by atoms with van der Waals surface area (Å²) in [6.07, 6.45) is 0. The van der Waals surface area contributed by atoms with Crippen molar-refractivity contribution in [3.63, 3.8) is 0 Å². The van der Waals surface area contributed by atoms with Gasteiger partial charge in [0.05, 0.1) is 23.3 Å². The monoisotopic (exact) mass is 384 g/mol. The summed E-state index contributed by atoms with van der Waals surface area (Å²) in [6.45, 7) is 0. The molecule has 0 saturated carbocycles. The van der Waals surface area contributed by atoms with Gasteiger partial charge >= 0.3 is 0 Å². The Morgan fingerprint density at radius 1 is 0.579 bits per heavy atom. The molecule has 0 N–H and O–H groups in total. The van der Waals surface area contributed by atoms with Gasteiger partial charge in [0, 0.05) is 20.4 Å². The molecule has 0 atom stereocenters. The molecule has 2 nitrogen and oxygen atoms in total. The minimum absolute atomic E-state index is 0. The Labute approximate surface area is 139 Å². The van der Waals surface area contributed by atoms with Gasteiger partial charge in [0.1, 0.15) is 0 Å². The SMILES string of the molecule is Cl.Cl.N#Cc1ccccc1.N#Cc1ccccc1.[Pd]. The van der Waals surface area contributed by atoms with Gasteiger partial charge in [0.2, 0.25) is 0 Å². The molecule has 0 aliphatic rings. The fourth-order valence-electron chi connectivity index (χ4n) is 1.03. The van der Waals surface area contributed by atoms with Gasteiger partial charge in [0.15, 0.2) is 0 Å². The van der Waals surface area contributed by atoms with E-state index >= 15 is 0 Å². The summed E-state index contributed by atoms with van der Waals surface area (Å²) in [5.41, 5.74) is 1.43. The molecule has 0 amide bonds. The van der Waals surface area contributed by atoms with Crippen molar-refractivity contribution in [3.8, 4) is 12.1 Å². The van der Waals surface area contributed by atoms with Crippen molar-refractivity contribution in [1.82, 2.24) is 0 Å².